The molecule has 0 atom stereocenters. The predicted octanol–water partition coefficient (Wildman–Crippen LogP) is 7.74. The fourth-order valence-corrected chi connectivity index (χ4v) is 7.31. The number of rotatable bonds is 8. The van der Waals surface area contributed by atoms with Crippen molar-refractivity contribution in [2.45, 2.75) is 45.1 Å². The Hall–Kier alpha value is -3.33. The van der Waals surface area contributed by atoms with Gasteiger partial charge in [-0.25, -0.2) is 0 Å². The molecule has 0 spiro atoms. The molecular formula is C33H34O3. The molecule has 4 fully saturated rings. The van der Waals surface area contributed by atoms with E-state index in [-0.39, 0.29) is 5.41 Å². The highest BCUT2D eigenvalue weighted by molar-refractivity contribution is 5.98. The van der Waals surface area contributed by atoms with Gasteiger partial charge in [0.05, 0.1) is 7.11 Å². The minimum absolute atomic E-state index is 0.0877. The van der Waals surface area contributed by atoms with Crippen molar-refractivity contribution in [2.24, 2.45) is 23.2 Å². The van der Waals surface area contributed by atoms with Crippen LogP contribution >= 0.6 is 0 Å². The Morgan fingerprint density at radius 2 is 1.50 bits per heavy atom. The smallest absolute Gasteiger partial charge is 0.161 e. The number of carbonyl (C=O) groups excluding carboxylic acids is 1. The van der Waals surface area contributed by atoms with E-state index in [9.17, 15) is 4.79 Å². The summed E-state index contributed by atoms with van der Waals surface area (Å²) in [7, 11) is 1.68. The molecule has 0 unspecified atom stereocenters. The summed E-state index contributed by atoms with van der Waals surface area (Å²) in [5.41, 5.74) is 4.24. The molecular weight excluding hydrogens is 444 g/mol. The Morgan fingerprint density at radius 3 is 2.14 bits per heavy atom. The molecule has 0 aromatic heterocycles. The summed E-state index contributed by atoms with van der Waals surface area (Å²) < 4.78 is 11.7. The summed E-state index contributed by atoms with van der Waals surface area (Å²) in [5.74, 6) is 4.28. The van der Waals surface area contributed by atoms with Gasteiger partial charge in [-0.1, -0.05) is 54.6 Å². The van der Waals surface area contributed by atoms with Crippen molar-refractivity contribution < 1.29 is 14.3 Å². The summed E-state index contributed by atoms with van der Waals surface area (Å²) in [4.78, 5) is 13.4. The van der Waals surface area contributed by atoms with Crippen molar-refractivity contribution >= 4 is 11.9 Å². The Balaban J connectivity index is 1.14. The van der Waals surface area contributed by atoms with Gasteiger partial charge in [0.2, 0.25) is 0 Å². The minimum Gasteiger partial charge on any atom is -0.496 e. The second kappa shape index (κ2) is 9.61. The monoisotopic (exact) mass is 478 g/mol. The highest BCUT2D eigenvalue weighted by atomic mass is 16.5. The van der Waals surface area contributed by atoms with E-state index in [1.54, 1.807) is 7.11 Å². The Bertz CT molecular complexity index is 1220. The van der Waals surface area contributed by atoms with Gasteiger partial charge in [-0.15, -0.1) is 0 Å². The molecule has 3 aromatic carbocycles. The van der Waals surface area contributed by atoms with Crippen LogP contribution in [0.2, 0.25) is 0 Å². The van der Waals surface area contributed by atoms with E-state index in [4.69, 9.17) is 9.47 Å². The average molecular weight is 479 g/mol. The van der Waals surface area contributed by atoms with Gasteiger partial charge in [0.25, 0.3) is 0 Å². The van der Waals surface area contributed by atoms with Crippen molar-refractivity contribution in [3.8, 4) is 22.6 Å². The van der Waals surface area contributed by atoms with E-state index in [1.165, 1.54) is 24.8 Å². The second-order valence-electron chi connectivity index (χ2n) is 11.1. The molecule has 0 aliphatic heterocycles. The second-order valence-corrected chi connectivity index (χ2v) is 11.1. The molecule has 36 heavy (non-hydrogen) atoms. The molecule has 4 aliphatic rings. The van der Waals surface area contributed by atoms with Crippen LogP contribution < -0.4 is 9.47 Å². The first-order chi connectivity index (χ1) is 17.6. The van der Waals surface area contributed by atoms with E-state index in [0.29, 0.717) is 12.4 Å². The van der Waals surface area contributed by atoms with Crippen molar-refractivity contribution in [1.82, 2.24) is 0 Å². The summed E-state index contributed by atoms with van der Waals surface area (Å²) >= 11 is 0. The Kier molecular flexibility index (Phi) is 6.17. The van der Waals surface area contributed by atoms with Crippen LogP contribution in [0.15, 0.2) is 78.9 Å². The average Bonchev–Trinajstić information content (AvgIpc) is 2.90. The van der Waals surface area contributed by atoms with Gasteiger partial charge in [0.15, 0.2) is 5.78 Å². The lowest BCUT2D eigenvalue weighted by Gasteiger charge is -2.55. The topological polar surface area (TPSA) is 35.5 Å². The molecule has 7 rings (SSSR count). The number of carbonyl (C=O) groups is 1. The molecule has 4 bridgehead atoms. The molecule has 0 heterocycles. The van der Waals surface area contributed by atoms with E-state index < -0.39 is 0 Å². The lowest BCUT2D eigenvalue weighted by atomic mass is 9.48. The van der Waals surface area contributed by atoms with Crippen molar-refractivity contribution in [3.05, 3.63) is 90.0 Å². The Labute approximate surface area is 214 Å². The molecule has 4 aliphatic carbocycles. The number of benzene rings is 3. The largest absolute Gasteiger partial charge is 0.496 e. The third kappa shape index (κ3) is 4.59. The van der Waals surface area contributed by atoms with Gasteiger partial charge in [-0.3, -0.25) is 4.79 Å². The first-order valence-corrected chi connectivity index (χ1v) is 13.3. The van der Waals surface area contributed by atoms with Crippen LogP contribution in [0.4, 0.5) is 0 Å². The van der Waals surface area contributed by atoms with E-state index in [1.807, 2.05) is 54.6 Å². The zero-order chi connectivity index (χ0) is 24.5. The molecule has 4 saturated carbocycles. The summed E-state index contributed by atoms with van der Waals surface area (Å²) in [6, 6.07) is 24.5. The molecule has 0 amide bonds. The highest BCUT2D eigenvalue weighted by Crippen LogP contribution is 2.60. The quantitative estimate of drug-likeness (QED) is 0.311. The molecule has 0 radical (unpaired) electrons. The number of methoxy groups -OCH3 is 1. The number of allylic oxidation sites excluding steroid dienone is 1. The summed E-state index contributed by atoms with van der Waals surface area (Å²) in [5, 5.41) is 0. The third-order valence-corrected chi connectivity index (χ3v) is 8.65. The zero-order valence-corrected chi connectivity index (χ0v) is 21.0. The summed E-state index contributed by atoms with van der Waals surface area (Å²) in [6.45, 7) is 0.401. The van der Waals surface area contributed by atoms with Crippen molar-refractivity contribution in [3.63, 3.8) is 0 Å². The van der Waals surface area contributed by atoms with Gasteiger partial charge in [-0.05, 0) is 103 Å². The molecule has 3 nitrogen and oxygen atoms in total. The maximum absolute atomic E-state index is 13.4. The van der Waals surface area contributed by atoms with Crippen LogP contribution in [0.5, 0.6) is 11.5 Å². The standard InChI is InChI=1S/C33H34O3/c1-35-31-13-7-23(8-14-32(34)33-19-24-15-25(20-33)17-26(16-24)21-33)18-29(31)22-36-30-11-9-28(10-12-30)27-5-3-2-4-6-27/h2-14,18,24-26H,15-17,19-22H2,1H3/b14-8+. The molecule has 0 N–H and O–H groups in total. The van der Waals surface area contributed by atoms with Crippen LogP contribution in [0.1, 0.15) is 49.7 Å². The van der Waals surface area contributed by atoms with Crippen LogP contribution in [0.25, 0.3) is 17.2 Å². The molecule has 0 saturated heterocycles. The van der Waals surface area contributed by atoms with Gasteiger partial charge in [0, 0.05) is 11.0 Å². The molecule has 184 valence electrons. The fourth-order valence-electron chi connectivity index (χ4n) is 7.31. The first kappa shape index (κ1) is 23.1. The molecule has 3 heteroatoms. The number of ether oxygens (including phenoxy) is 2. The highest BCUT2D eigenvalue weighted by Gasteiger charge is 2.53. The Morgan fingerprint density at radius 1 is 0.861 bits per heavy atom. The van der Waals surface area contributed by atoms with Gasteiger partial charge < -0.3 is 9.47 Å². The predicted molar refractivity (Wildman–Crippen MR) is 144 cm³/mol. The number of hydrogen-bond acceptors (Lipinski definition) is 3. The maximum Gasteiger partial charge on any atom is 0.161 e. The number of ketones is 1. The lowest BCUT2D eigenvalue weighted by Crippen LogP contribution is -2.49. The van der Waals surface area contributed by atoms with Crippen molar-refractivity contribution in [1.29, 1.82) is 0 Å². The zero-order valence-electron chi connectivity index (χ0n) is 21.0. The normalized spacial score (nSPS) is 26.3. The molecule has 3 aromatic rings. The SMILES string of the molecule is COc1ccc(/C=C/C(=O)C23CC4CC(CC(C4)C2)C3)cc1COc1ccc(-c2ccccc2)cc1. The fraction of sp³-hybridized carbons (Fsp3) is 0.364. The minimum atomic E-state index is -0.0877. The van der Waals surface area contributed by atoms with Gasteiger partial charge >= 0.3 is 0 Å². The van der Waals surface area contributed by atoms with Crippen LogP contribution in [0, 0.1) is 23.2 Å². The number of hydrogen-bond donors (Lipinski definition) is 0. The van der Waals surface area contributed by atoms with E-state index >= 15 is 0 Å². The lowest BCUT2D eigenvalue weighted by molar-refractivity contribution is -0.138. The third-order valence-electron chi connectivity index (χ3n) is 8.65. The van der Waals surface area contributed by atoms with Gasteiger partial charge in [-0.2, -0.15) is 0 Å². The van der Waals surface area contributed by atoms with Crippen LogP contribution in [-0.4, -0.2) is 12.9 Å². The first-order valence-electron chi connectivity index (χ1n) is 13.3. The summed E-state index contributed by atoms with van der Waals surface area (Å²) in [6.07, 6.45) is 11.2. The maximum atomic E-state index is 13.4. The van der Waals surface area contributed by atoms with Gasteiger partial charge in [0.1, 0.15) is 18.1 Å². The van der Waals surface area contributed by atoms with Crippen LogP contribution in [-0.2, 0) is 11.4 Å². The van der Waals surface area contributed by atoms with E-state index in [0.717, 1.165) is 65.2 Å². The van der Waals surface area contributed by atoms with E-state index in [2.05, 4.69) is 30.3 Å². The van der Waals surface area contributed by atoms with Crippen LogP contribution in [0.3, 0.4) is 0 Å². The van der Waals surface area contributed by atoms with Crippen molar-refractivity contribution in [2.75, 3.05) is 7.11 Å².